The van der Waals surface area contributed by atoms with Gasteiger partial charge in [-0.15, -0.1) is 0 Å². The largest absolute Gasteiger partial charge is 0.0899 e. The molecular weight excluding hydrogens is 304 g/mol. The molecule has 0 nitrogen and oxygen atoms in total. The molecule has 0 saturated heterocycles. The summed E-state index contributed by atoms with van der Waals surface area (Å²) in [6.45, 7) is 14.0. The van der Waals surface area contributed by atoms with Crippen molar-refractivity contribution in [1.82, 2.24) is 0 Å². The molecule has 0 spiro atoms. The first-order valence-electron chi connectivity index (χ1n) is 9.79. The third kappa shape index (κ3) is 13.2. The van der Waals surface area contributed by atoms with Gasteiger partial charge in [0.1, 0.15) is 0 Å². The van der Waals surface area contributed by atoms with E-state index < -0.39 is 0 Å². The Morgan fingerprint density at radius 1 is 0.727 bits per heavy atom. The lowest BCUT2D eigenvalue weighted by Crippen LogP contribution is -2.18. The van der Waals surface area contributed by atoms with Gasteiger partial charge >= 0.3 is 0 Å². The van der Waals surface area contributed by atoms with Crippen molar-refractivity contribution in [3.8, 4) is 0 Å². The Hall–Kier alpha value is 0.700. The van der Waals surface area contributed by atoms with Gasteiger partial charge in [-0.05, 0) is 25.2 Å². The van der Waals surface area contributed by atoms with E-state index in [9.17, 15) is 0 Å². The summed E-state index contributed by atoms with van der Waals surface area (Å²) in [7, 11) is 4.28. The van der Waals surface area contributed by atoms with E-state index in [-0.39, 0.29) is 0 Å². The molecule has 0 amide bonds. The molecule has 0 unspecified atom stereocenters. The Morgan fingerprint density at radius 3 is 1.59 bits per heavy atom. The zero-order valence-electron chi connectivity index (χ0n) is 16.2. The molecule has 1 atom stereocenters. The minimum Gasteiger partial charge on any atom is -0.0899 e. The van der Waals surface area contributed by atoms with E-state index in [1.165, 1.54) is 70.6 Å². The van der Waals surface area contributed by atoms with E-state index in [1.807, 2.05) is 0 Å². The lowest BCUT2D eigenvalue weighted by molar-refractivity contribution is 0.390. The topological polar surface area (TPSA) is 0 Å². The molecule has 0 fully saturated rings. The summed E-state index contributed by atoms with van der Waals surface area (Å²) in [6, 6.07) is 0. The Balaban J connectivity index is 4.34. The number of hydrogen-bond donors (Lipinski definition) is 0. The number of unbranched alkanes of at least 4 members (excludes halogenated alkanes) is 6. The van der Waals surface area contributed by atoms with Crippen LogP contribution in [0, 0.1) is 5.92 Å². The maximum Gasteiger partial charge on any atom is 0.0179 e. The third-order valence-corrected chi connectivity index (χ3v) is 8.30. The van der Waals surface area contributed by atoms with Gasteiger partial charge in [0.15, 0.2) is 0 Å². The summed E-state index contributed by atoms with van der Waals surface area (Å²) in [4.78, 5) is 0. The van der Waals surface area contributed by atoms with Crippen molar-refractivity contribution in [1.29, 1.82) is 0 Å². The Labute approximate surface area is 149 Å². The highest BCUT2D eigenvalue weighted by Gasteiger charge is 2.23. The molecular formula is C20H42S2. The lowest BCUT2D eigenvalue weighted by Gasteiger charge is -2.28. The molecule has 0 aromatic rings. The predicted molar refractivity (Wildman–Crippen MR) is 110 cm³/mol. The highest BCUT2D eigenvalue weighted by molar-refractivity contribution is 8.77. The van der Waals surface area contributed by atoms with Crippen LogP contribution in [-0.2, 0) is 0 Å². The molecule has 0 radical (unpaired) electrons. The van der Waals surface area contributed by atoms with Crippen LogP contribution in [0.4, 0.5) is 0 Å². The normalized spacial score (nSPS) is 13.8. The van der Waals surface area contributed by atoms with Gasteiger partial charge in [0, 0.05) is 10.00 Å². The highest BCUT2D eigenvalue weighted by Crippen LogP contribution is 2.43. The number of rotatable bonds is 14. The maximum atomic E-state index is 2.39. The van der Waals surface area contributed by atoms with Gasteiger partial charge in [0.2, 0.25) is 0 Å². The monoisotopic (exact) mass is 346 g/mol. The molecule has 134 valence electrons. The predicted octanol–water partition coefficient (Wildman–Crippen LogP) is 8.50. The van der Waals surface area contributed by atoms with Crippen molar-refractivity contribution in [3.05, 3.63) is 0 Å². The minimum absolute atomic E-state index is 0.382. The van der Waals surface area contributed by atoms with E-state index in [1.54, 1.807) is 0 Å². The highest BCUT2D eigenvalue weighted by atomic mass is 33.1. The van der Waals surface area contributed by atoms with Crippen LogP contribution in [-0.4, -0.2) is 10.00 Å². The second-order valence-corrected chi connectivity index (χ2v) is 11.0. The average Bonchev–Trinajstić information content (AvgIpc) is 2.46. The molecule has 0 aliphatic carbocycles. The van der Waals surface area contributed by atoms with E-state index in [0.717, 1.165) is 11.2 Å². The van der Waals surface area contributed by atoms with Crippen molar-refractivity contribution in [2.75, 3.05) is 0 Å². The molecule has 0 N–H and O–H groups in total. The van der Waals surface area contributed by atoms with Gasteiger partial charge in [-0.1, -0.05) is 114 Å². The maximum absolute atomic E-state index is 2.39. The van der Waals surface area contributed by atoms with Crippen molar-refractivity contribution in [2.45, 2.75) is 122 Å². The van der Waals surface area contributed by atoms with E-state index in [2.05, 4.69) is 63.1 Å². The first-order chi connectivity index (χ1) is 10.4. The third-order valence-electron chi connectivity index (χ3n) is 4.21. The van der Waals surface area contributed by atoms with Crippen molar-refractivity contribution < 1.29 is 0 Å². The lowest BCUT2D eigenvalue weighted by atomic mass is 9.90. The summed E-state index contributed by atoms with van der Waals surface area (Å²) >= 11 is 0. The Morgan fingerprint density at radius 2 is 1.23 bits per heavy atom. The quantitative estimate of drug-likeness (QED) is 0.228. The van der Waals surface area contributed by atoms with Crippen molar-refractivity contribution in [3.63, 3.8) is 0 Å². The van der Waals surface area contributed by atoms with Crippen LogP contribution in [0.5, 0.6) is 0 Å². The molecule has 0 saturated carbocycles. The average molecular weight is 347 g/mol. The fourth-order valence-electron chi connectivity index (χ4n) is 2.87. The van der Waals surface area contributed by atoms with Crippen LogP contribution in [0.25, 0.3) is 0 Å². The molecule has 22 heavy (non-hydrogen) atoms. The summed E-state index contributed by atoms with van der Waals surface area (Å²) < 4.78 is 0.382. The van der Waals surface area contributed by atoms with E-state index in [0.29, 0.717) is 4.75 Å². The van der Waals surface area contributed by atoms with Crippen molar-refractivity contribution in [2.24, 2.45) is 5.92 Å². The standard InChI is InChI=1S/C20H42S2/c1-7-10-12-14-16-18(17-15-13-11-8-2)19(9-3)21-22-20(4,5)6/h18-19H,7-17H2,1-6H3/t19-/m1/s1. The van der Waals surface area contributed by atoms with Gasteiger partial charge in [-0.3, -0.25) is 0 Å². The molecule has 0 rings (SSSR count). The molecule has 0 heterocycles. The zero-order chi connectivity index (χ0) is 16.8. The first-order valence-corrected chi connectivity index (χ1v) is 12.0. The second-order valence-electron chi connectivity index (χ2n) is 7.70. The van der Waals surface area contributed by atoms with Gasteiger partial charge in [0.25, 0.3) is 0 Å². The van der Waals surface area contributed by atoms with Crippen LogP contribution < -0.4 is 0 Å². The van der Waals surface area contributed by atoms with Crippen LogP contribution in [0.15, 0.2) is 0 Å². The molecule has 2 heteroatoms. The second kappa shape index (κ2) is 14.1. The molecule has 0 aromatic carbocycles. The molecule has 0 aliphatic heterocycles. The smallest absolute Gasteiger partial charge is 0.0179 e. The Bertz CT molecular complexity index is 220. The first kappa shape index (κ1) is 22.7. The van der Waals surface area contributed by atoms with E-state index >= 15 is 0 Å². The van der Waals surface area contributed by atoms with Crippen LogP contribution in [0.1, 0.15) is 112 Å². The Kier molecular flexibility index (Phi) is 14.5. The molecule has 0 bridgehead atoms. The van der Waals surface area contributed by atoms with Crippen molar-refractivity contribution >= 4 is 21.6 Å². The zero-order valence-corrected chi connectivity index (χ0v) is 17.9. The van der Waals surface area contributed by atoms with Gasteiger partial charge in [-0.25, -0.2) is 0 Å². The SMILES string of the molecule is CCCCCCC(CCCCCC)[C@@H](CC)SSC(C)(C)C. The van der Waals surface area contributed by atoms with Gasteiger partial charge in [0.05, 0.1) is 0 Å². The fourth-order valence-corrected chi connectivity index (χ4v) is 5.96. The molecule has 0 aromatic heterocycles. The summed E-state index contributed by atoms with van der Waals surface area (Å²) in [5.41, 5.74) is 0. The summed E-state index contributed by atoms with van der Waals surface area (Å²) in [6.07, 6.45) is 15.6. The van der Waals surface area contributed by atoms with Crippen LogP contribution in [0.3, 0.4) is 0 Å². The van der Waals surface area contributed by atoms with Crippen LogP contribution in [0.2, 0.25) is 0 Å². The fraction of sp³-hybridized carbons (Fsp3) is 1.00. The molecule has 0 aliphatic rings. The van der Waals surface area contributed by atoms with Crippen LogP contribution >= 0.6 is 21.6 Å². The summed E-state index contributed by atoms with van der Waals surface area (Å²) in [5.74, 6) is 0.943. The van der Waals surface area contributed by atoms with Gasteiger partial charge < -0.3 is 0 Å². The van der Waals surface area contributed by atoms with Gasteiger partial charge in [-0.2, -0.15) is 0 Å². The van der Waals surface area contributed by atoms with E-state index in [4.69, 9.17) is 0 Å². The minimum atomic E-state index is 0.382. The number of hydrogen-bond acceptors (Lipinski definition) is 2. The summed E-state index contributed by atoms with van der Waals surface area (Å²) in [5, 5.41) is 0.854.